The number of halogens is 2. The topological polar surface area (TPSA) is 66.5 Å². The van der Waals surface area contributed by atoms with Crippen LogP contribution in [0.4, 0.5) is 8.78 Å². The molecule has 0 radical (unpaired) electrons. The average molecular weight is 335 g/mol. The van der Waals surface area contributed by atoms with Crippen LogP contribution in [-0.2, 0) is 0 Å². The molecule has 1 atom stereocenters. The number of hydrogen-bond acceptors (Lipinski definition) is 2. The van der Waals surface area contributed by atoms with E-state index in [2.05, 4.69) is 4.98 Å². The zero-order chi connectivity index (χ0) is 18.0. The summed E-state index contributed by atoms with van der Waals surface area (Å²) in [5, 5.41) is 1.75. The van der Waals surface area contributed by atoms with Crippen molar-refractivity contribution in [1.82, 2.24) is 4.98 Å². The molecule has 2 rings (SSSR count). The van der Waals surface area contributed by atoms with Crippen molar-refractivity contribution in [3.8, 4) is 0 Å². The molecule has 3 N–H and O–H groups in total. The van der Waals surface area contributed by atoms with Crippen molar-refractivity contribution in [2.45, 2.75) is 33.7 Å². The van der Waals surface area contributed by atoms with Gasteiger partial charge in [-0.25, -0.2) is 8.78 Å². The molecule has 0 amide bonds. The standard InChI is InChI=1S/C18H20F2N2O2/c1-9-17(12(4)23)11(3)22-18(9)16(24)8-21-10(2)13-5-6-14(19)15(20)7-13/h5-7,10,21-22H,8H2,1-4H3/p+1/t10-/m0/s1. The summed E-state index contributed by atoms with van der Waals surface area (Å²) in [7, 11) is 0. The highest BCUT2D eigenvalue weighted by molar-refractivity contribution is 6.03. The molecule has 0 aliphatic heterocycles. The Morgan fingerprint density at radius 3 is 2.42 bits per heavy atom. The lowest BCUT2D eigenvalue weighted by molar-refractivity contribution is -0.681. The monoisotopic (exact) mass is 335 g/mol. The largest absolute Gasteiger partial charge is 0.355 e. The first-order valence-electron chi connectivity index (χ1n) is 7.74. The SMILES string of the molecule is CC(=O)c1c(C)[nH]c(C(=O)C[NH2+][C@@H](C)c2ccc(F)c(F)c2)c1C. The number of ketones is 2. The van der Waals surface area contributed by atoms with Gasteiger partial charge in [0.2, 0.25) is 5.78 Å². The van der Waals surface area contributed by atoms with Gasteiger partial charge in [0.25, 0.3) is 0 Å². The number of benzene rings is 1. The van der Waals surface area contributed by atoms with Crippen LogP contribution >= 0.6 is 0 Å². The molecule has 128 valence electrons. The molecule has 0 bridgehead atoms. The van der Waals surface area contributed by atoms with E-state index in [0.717, 1.165) is 12.1 Å². The molecule has 0 aliphatic rings. The summed E-state index contributed by atoms with van der Waals surface area (Å²) in [6.07, 6.45) is 0. The fourth-order valence-corrected chi connectivity index (χ4v) is 2.87. The fraction of sp³-hybridized carbons (Fsp3) is 0.333. The van der Waals surface area contributed by atoms with Crippen molar-refractivity contribution in [2.24, 2.45) is 0 Å². The van der Waals surface area contributed by atoms with Crippen molar-refractivity contribution < 1.29 is 23.7 Å². The number of rotatable bonds is 6. The summed E-state index contributed by atoms with van der Waals surface area (Å²) in [4.78, 5) is 27.0. The Kier molecular flexibility index (Phi) is 5.29. The maximum absolute atomic E-state index is 13.3. The highest BCUT2D eigenvalue weighted by Gasteiger charge is 2.21. The molecule has 0 spiro atoms. The second-order valence-corrected chi connectivity index (χ2v) is 6.01. The molecule has 0 saturated heterocycles. The van der Waals surface area contributed by atoms with E-state index in [9.17, 15) is 18.4 Å². The quantitative estimate of drug-likeness (QED) is 0.797. The van der Waals surface area contributed by atoms with Crippen LogP contribution in [0.15, 0.2) is 18.2 Å². The average Bonchev–Trinajstić information content (AvgIpc) is 2.82. The van der Waals surface area contributed by atoms with Crippen molar-refractivity contribution in [3.63, 3.8) is 0 Å². The van der Waals surface area contributed by atoms with Gasteiger partial charge < -0.3 is 10.3 Å². The van der Waals surface area contributed by atoms with Crippen LogP contribution in [0.3, 0.4) is 0 Å². The van der Waals surface area contributed by atoms with Gasteiger partial charge in [0.1, 0.15) is 12.6 Å². The minimum absolute atomic E-state index is 0.0839. The molecule has 1 aromatic carbocycles. The lowest BCUT2D eigenvalue weighted by atomic mass is 10.0. The Morgan fingerprint density at radius 2 is 1.88 bits per heavy atom. The van der Waals surface area contributed by atoms with E-state index in [1.54, 1.807) is 19.2 Å². The summed E-state index contributed by atoms with van der Waals surface area (Å²) >= 11 is 0. The minimum atomic E-state index is -0.902. The molecule has 0 unspecified atom stereocenters. The molecule has 0 fully saturated rings. The number of aromatic amines is 1. The Morgan fingerprint density at radius 1 is 1.21 bits per heavy atom. The highest BCUT2D eigenvalue weighted by atomic mass is 19.2. The molecule has 6 heteroatoms. The molecule has 0 aliphatic carbocycles. The molecule has 1 heterocycles. The van der Waals surface area contributed by atoms with Gasteiger partial charge in [0.15, 0.2) is 17.4 Å². The molecular weight excluding hydrogens is 314 g/mol. The number of carbonyl (C=O) groups is 2. The Bertz CT molecular complexity index is 797. The Hall–Kier alpha value is -2.34. The number of Topliss-reactive ketones (excluding diaryl/α,β-unsaturated/α-hetero) is 2. The molecule has 0 saturated carbocycles. The summed E-state index contributed by atoms with van der Waals surface area (Å²) in [6.45, 7) is 6.92. The molecule has 4 nitrogen and oxygen atoms in total. The smallest absolute Gasteiger partial charge is 0.233 e. The highest BCUT2D eigenvalue weighted by Crippen LogP contribution is 2.18. The van der Waals surface area contributed by atoms with Crippen LogP contribution in [0.1, 0.15) is 57.6 Å². The van der Waals surface area contributed by atoms with Crippen molar-refractivity contribution >= 4 is 11.6 Å². The van der Waals surface area contributed by atoms with Gasteiger partial charge >= 0.3 is 0 Å². The van der Waals surface area contributed by atoms with E-state index in [1.165, 1.54) is 13.0 Å². The van der Waals surface area contributed by atoms with E-state index in [4.69, 9.17) is 0 Å². The number of H-pyrrole nitrogens is 1. The first-order valence-corrected chi connectivity index (χ1v) is 7.74. The lowest BCUT2D eigenvalue weighted by Gasteiger charge is -2.11. The van der Waals surface area contributed by atoms with Crippen LogP contribution in [0.25, 0.3) is 0 Å². The van der Waals surface area contributed by atoms with Crippen molar-refractivity contribution in [3.05, 3.63) is 57.9 Å². The number of hydrogen-bond donors (Lipinski definition) is 2. The number of nitrogens with two attached hydrogens (primary N) is 1. The van der Waals surface area contributed by atoms with Gasteiger partial charge in [-0.15, -0.1) is 0 Å². The first kappa shape index (κ1) is 18.0. The summed E-state index contributed by atoms with van der Waals surface area (Å²) < 4.78 is 26.3. The summed E-state index contributed by atoms with van der Waals surface area (Å²) in [5.74, 6) is -2.02. The minimum Gasteiger partial charge on any atom is -0.355 e. The maximum atomic E-state index is 13.3. The molecule has 1 aromatic heterocycles. The number of aryl methyl sites for hydroxylation is 1. The predicted molar refractivity (Wildman–Crippen MR) is 86.2 cm³/mol. The van der Waals surface area contributed by atoms with Crippen LogP contribution < -0.4 is 5.32 Å². The van der Waals surface area contributed by atoms with Crippen molar-refractivity contribution in [1.29, 1.82) is 0 Å². The van der Waals surface area contributed by atoms with Gasteiger partial charge in [-0.2, -0.15) is 0 Å². The fourth-order valence-electron chi connectivity index (χ4n) is 2.87. The Labute approximate surface area is 139 Å². The first-order chi connectivity index (χ1) is 11.2. The van der Waals surface area contributed by atoms with Crippen LogP contribution in [0.5, 0.6) is 0 Å². The van der Waals surface area contributed by atoms with E-state index >= 15 is 0 Å². The number of aromatic nitrogens is 1. The third-order valence-electron chi connectivity index (χ3n) is 4.19. The third kappa shape index (κ3) is 3.59. The maximum Gasteiger partial charge on any atom is 0.233 e. The van der Waals surface area contributed by atoms with E-state index < -0.39 is 11.6 Å². The Balaban J connectivity index is 2.09. The molecule has 2 aromatic rings. The molecular formula is C18H21F2N2O2+. The zero-order valence-electron chi connectivity index (χ0n) is 14.2. The van der Waals surface area contributed by atoms with E-state index in [0.29, 0.717) is 28.1 Å². The number of carbonyl (C=O) groups excluding carboxylic acids is 2. The lowest BCUT2D eigenvalue weighted by Crippen LogP contribution is -2.86. The summed E-state index contributed by atoms with van der Waals surface area (Å²) in [6, 6.07) is 3.52. The van der Waals surface area contributed by atoms with Gasteiger partial charge in [-0.1, -0.05) is 0 Å². The van der Waals surface area contributed by atoms with Gasteiger partial charge in [0, 0.05) is 16.8 Å². The molecule has 24 heavy (non-hydrogen) atoms. The van der Waals surface area contributed by atoms with Crippen LogP contribution in [0.2, 0.25) is 0 Å². The van der Waals surface area contributed by atoms with Gasteiger partial charge in [-0.05, 0) is 51.5 Å². The predicted octanol–water partition coefficient (Wildman–Crippen LogP) is 2.62. The second kappa shape index (κ2) is 7.05. The van der Waals surface area contributed by atoms with Gasteiger partial charge in [0.05, 0.1) is 5.69 Å². The normalized spacial score (nSPS) is 12.2. The number of nitrogens with one attached hydrogen (secondary N) is 1. The summed E-state index contributed by atoms with van der Waals surface area (Å²) in [5.41, 5.74) is 2.90. The van der Waals surface area contributed by atoms with E-state index in [-0.39, 0.29) is 24.2 Å². The van der Waals surface area contributed by atoms with Crippen molar-refractivity contribution in [2.75, 3.05) is 6.54 Å². The van der Waals surface area contributed by atoms with E-state index in [1.807, 2.05) is 6.92 Å². The number of quaternary nitrogens is 1. The second-order valence-electron chi connectivity index (χ2n) is 6.01. The van der Waals surface area contributed by atoms with Crippen LogP contribution in [0, 0.1) is 25.5 Å². The zero-order valence-corrected chi connectivity index (χ0v) is 14.2. The van der Waals surface area contributed by atoms with Crippen LogP contribution in [-0.4, -0.2) is 23.1 Å². The van der Waals surface area contributed by atoms with Gasteiger partial charge in [-0.3, -0.25) is 9.59 Å². The third-order valence-corrected chi connectivity index (χ3v) is 4.19.